The molecule has 0 N–H and O–H groups in total. The zero-order valence-corrected chi connectivity index (χ0v) is 9.75. The molecule has 3 rings (SSSR count). The number of hydrogen-bond donors (Lipinski definition) is 0. The molecule has 1 aliphatic carbocycles. The van der Waals surface area contributed by atoms with Crippen LogP contribution in [0.25, 0.3) is 0 Å². The number of halogens is 1. The lowest BCUT2D eigenvalue weighted by molar-refractivity contribution is 0.246. The lowest BCUT2D eigenvalue weighted by Crippen LogP contribution is -2.25. The average molecular weight is 219 g/mol. The maximum absolute atomic E-state index is 13.6. The minimum atomic E-state index is -0.0554. The van der Waals surface area contributed by atoms with Crippen LogP contribution in [-0.4, -0.2) is 17.5 Å². The third kappa shape index (κ3) is 1.75. The molecule has 0 radical (unpaired) electrons. The van der Waals surface area contributed by atoms with Gasteiger partial charge in [0.05, 0.1) is 0 Å². The summed E-state index contributed by atoms with van der Waals surface area (Å²) in [4.78, 5) is 2.57. The van der Waals surface area contributed by atoms with E-state index in [1.165, 1.54) is 37.8 Å². The number of rotatable bonds is 2. The van der Waals surface area contributed by atoms with Crippen molar-refractivity contribution in [2.75, 3.05) is 6.54 Å². The molecule has 1 aromatic rings. The second-order valence-electron chi connectivity index (χ2n) is 5.14. The number of nitrogens with zero attached hydrogens (tertiary/aromatic N) is 1. The van der Waals surface area contributed by atoms with Gasteiger partial charge in [0, 0.05) is 12.1 Å². The van der Waals surface area contributed by atoms with E-state index in [-0.39, 0.29) is 5.82 Å². The molecule has 1 nitrogen and oxygen atoms in total. The predicted molar refractivity (Wildman–Crippen MR) is 62.8 cm³/mol. The summed E-state index contributed by atoms with van der Waals surface area (Å²) in [6.07, 6.45) is 5.13. The first kappa shape index (κ1) is 10.3. The molecule has 1 aromatic carbocycles. The van der Waals surface area contributed by atoms with Crippen molar-refractivity contribution in [3.63, 3.8) is 0 Å². The normalized spacial score (nSPS) is 26.2. The van der Waals surface area contributed by atoms with Crippen molar-refractivity contribution >= 4 is 0 Å². The van der Waals surface area contributed by atoms with Gasteiger partial charge in [-0.05, 0) is 56.3 Å². The molecular formula is C14H18FN. The summed E-state index contributed by atoms with van der Waals surface area (Å²) in [5, 5.41) is 0. The molecule has 2 fully saturated rings. The largest absolute Gasteiger partial charge is 0.293 e. The zero-order valence-electron chi connectivity index (χ0n) is 9.75. The maximum atomic E-state index is 13.6. The van der Waals surface area contributed by atoms with Crippen LogP contribution in [0.5, 0.6) is 0 Å². The molecule has 1 unspecified atom stereocenters. The Kier molecular flexibility index (Phi) is 2.47. The number of aryl methyl sites for hydroxylation is 1. The molecule has 86 valence electrons. The fourth-order valence-electron chi connectivity index (χ4n) is 2.81. The fourth-order valence-corrected chi connectivity index (χ4v) is 2.81. The standard InChI is InChI=1S/C14H18FN/c1-10-4-5-11(9-13(10)15)14-3-2-8-16(14)12-6-7-12/h4-5,9,12,14H,2-3,6-8H2,1H3. The van der Waals surface area contributed by atoms with Gasteiger partial charge in [-0.3, -0.25) is 4.90 Å². The van der Waals surface area contributed by atoms with Gasteiger partial charge >= 0.3 is 0 Å². The Bertz CT molecular complexity index is 398. The third-order valence-electron chi connectivity index (χ3n) is 3.89. The van der Waals surface area contributed by atoms with E-state index in [4.69, 9.17) is 0 Å². The zero-order chi connectivity index (χ0) is 11.1. The van der Waals surface area contributed by atoms with Gasteiger partial charge in [-0.1, -0.05) is 12.1 Å². The van der Waals surface area contributed by atoms with E-state index in [0.717, 1.165) is 11.6 Å². The highest BCUT2D eigenvalue weighted by Gasteiger charge is 2.37. The van der Waals surface area contributed by atoms with Crippen molar-refractivity contribution in [2.24, 2.45) is 0 Å². The maximum Gasteiger partial charge on any atom is 0.126 e. The molecule has 1 saturated carbocycles. The SMILES string of the molecule is Cc1ccc(C2CCCN2C2CC2)cc1F. The quantitative estimate of drug-likeness (QED) is 0.736. The van der Waals surface area contributed by atoms with E-state index in [2.05, 4.69) is 11.0 Å². The molecule has 1 atom stereocenters. The van der Waals surface area contributed by atoms with Crippen molar-refractivity contribution in [3.8, 4) is 0 Å². The first-order chi connectivity index (χ1) is 7.75. The first-order valence-electron chi connectivity index (χ1n) is 6.27. The topological polar surface area (TPSA) is 3.24 Å². The lowest BCUT2D eigenvalue weighted by atomic mass is 10.0. The molecule has 16 heavy (non-hydrogen) atoms. The molecule has 0 bridgehead atoms. The van der Waals surface area contributed by atoms with E-state index in [1.54, 1.807) is 6.07 Å². The van der Waals surface area contributed by atoms with Gasteiger partial charge in [-0.15, -0.1) is 0 Å². The van der Waals surface area contributed by atoms with Crippen LogP contribution < -0.4 is 0 Å². The number of likely N-dealkylation sites (tertiary alicyclic amines) is 1. The Labute approximate surface area is 96.3 Å². The van der Waals surface area contributed by atoms with Crippen molar-refractivity contribution in [1.29, 1.82) is 0 Å². The third-order valence-corrected chi connectivity index (χ3v) is 3.89. The molecule has 1 heterocycles. The molecule has 2 aliphatic rings. The van der Waals surface area contributed by atoms with Crippen LogP contribution in [-0.2, 0) is 0 Å². The molecule has 0 aromatic heterocycles. The van der Waals surface area contributed by atoms with Gasteiger partial charge in [0.25, 0.3) is 0 Å². The van der Waals surface area contributed by atoms with Gasteiger partial charge in [0.1, 0.15) is 5.82 Å². The Balaban J connectivity index is 1.87. The average Bonchev–Trinajstić information content (AvgIpc) is 3.01. The van der Waals surface area contributed by atoms with Crippen molar-refractivity contribution in [2.45, 2.75) is 44.7 Å². The molecule has 1 aliphatic heterocycles. The summed E-state index contributed by atoms with van der Waals surface area (Å²) in [5.41, 5.74) is 1.92. The van der Waals surface area contributed by atoms with E-state index in [9.17, 15) is 4.39 Å². The summed E-state index contributed by atoms with van der Waals surface area (Å²) < 4.78 is 13.6. The van der Waals surface area contributed by atoms with E-state index >= 15 is 0 Å². The fraction of sp³-hybridized carbons (Fsp3) is 0.571. The summed E-state index contributed by atoms with van der Waals surface area (Å²) in [7, 11) is 0. The van der Waals surface area contributed by atoms with E-state index in [1.807, 2.05) is 13.0 Å². The Morgan fingerprint density at radius 2 is 2.06 bits per heavy atom. The van der Waals surface area contributed by atoms with Crippen molar-refractivity contribution in [3.05, 3.63) is 35.1 Å². The van der Waals surface area contributed by atoms with Crippen molar-refractivity contribution < 1.29 is 4.39 Å². The van der Waals surface area contributed by atoms with Crippen LogP contribution in [0.15, 0.2) is 18.2 Å². The monoisotopic (exact) mass is 219 g/mol. The molecule has 0 amide bonds. The number of benzene rings is 1. The highest BCUT2D eigenvalue weighted by molar-refractivity contribution is 5.26. The van der Waals surface area contributed by atoms with Crippen LogP contribution in [0, 0.1) is 12.7 Å². The molecule has 0 spiro atoms. The van der Waals surface area contributed by atoms with Gasteiger partial charge in [-0.2, -0.15) is 0 Å². The van der Waals surface area contributed by atoms with Gasteiger partial charge in [0.15, 0.2) is 0 Å². The van der Waals surface area contributed by atoms with Gasteiger partial charge in [0.2, 0.25) is 0 Å². The second kappa shape index (κ2) is 3.85. The van der Waals surface area contributed by atoms with Crippen LogP contribution in [0.1, 0.15) is 42.9 Å². The minimum absolute atomic E-state index is 0.0554. The lowest BCUT2D eigenvalue weighted by Gasteiger charge is -2.24. The second-order valence-corrected chi connectivity index (χ2v) is 5.14. The first-order valence-corrected chi connectivity index (χ1v) is 6.27. The van der Waals surface area contributed by atoms with Gasteiger partial charge in [-0.25, -0.2) is 4.39 Å². The molecule has 1 saturated heterocycles. The Hall–Kier alpha value is -0.890. The predicted octanol–water partition coefficient (Wildman–Crippen LogP) is 3.43. The number of hydrogen-bond acceptors (Lipinski definition) is 1. The Morgan fingerprint density at radius 3 is 2.75 bits per heavy atom. The summed E-state index contributed by atoms with van der Waals surface area (Å²) >= 11 is 0. The minimum Gasteiger partial charge on any atom is -0.293 e. The highest BCUT2D eigenvalue weighted by atomic mass is 19.1. The molecule has 2 heteroatoms. The summed E-state index contributed by atoms with van der Waals surface area (Å²) in [5.74, 6) is -0.0554. The van der Waals surface area contributed by atoms with Crippen LogP contribution >= 0.6 is 0 Å². The smallest absolute Gasteiger partial charge is 0.126 e. The molecular weight excluding hydrogens is 201 g/mol. The van der Waals surface area contributed by atoms with Crippen LogP contribution in [0.4, 0.5) is 4.39 Å². The van der Waals surface area contributed by atoms with Crippen LogP contribution in [0.2, 0.25) is 0 Å². The van der Waals surface area contributed by atoms with E-state index in [0.29, 0.717) is 6.04 Å². The van der Waals surface area contributed by atoms with E-state index < -0.39 is 0 Å². The summed E-state index contributed by atoms with van der Waals surface area (Å²) in [6, 6.07) is 7.01. The Morgan fingerprint density at radius 1 is 1.25 bits per heavy atom. The van der Waals surface area contributed by atoms with Gasteiger partial charge < -0.3 is 0 Å². The summed E-state index contributed by atoms with van der Waals surface area (Å²) in [6.45, 7) is 3.03. The van der Waals surface area contributed by atoms with Crippen LogP contribution in [0.3, 0.4) is 0 Å². The highest BCUT2D eigenvalue weighted by Crippen LogP contribution is 2.40. The van der Waals surface area contributed by atoms with Crippen molar-refractivity contribution in [1.82, 2.24) is 4.90 Å².